The van der Waals surface area contributed by atoms with Gasteiger partial charge in [0.15, 0.2) is 0 Å². The van der Waals surface area contributed by atoms with Gasteiger partial charge in [-0.05, 0) is 24.1 Å². The van der Waals surface area contributed by atoms with Gasteiger partial charge in [0, 0.05) is 42.8 Å². The Morgan fingerprint density at radius 3 is 3.06 bits per heavy atom. The summed E-state index contributed by atoms with van der Waals surface area (Å²) >= 11 is 0. The number of rotatable bonds is 3. The number of allylic oxidation sites excluding steroid dienone is 1. The van der Waals surface area contributed by atoms with Crippen LogP contribution in [0.4, 0.5) is 10.1 Å². The minimum Gasteiger partial charge on any atom is -0.393 e. The largest absolute Gasteiger partial charge is 0.393 e. The predicted molar refractivity (Wildman–Crippen MR) is 64.4 cm³/mol. The first-order chi connectivity index (χ1) is 7.76. The summed E-state index contributed by atoms with van der Waals surface area (Å²) in [6.45, 7) is 0.855. The highest BCUT2D eigenvalue weighted by atomic mass is 19.1. The molecule has 0 saturated heterocycles. The zero-order valence-electron chi connectivity index (χ0n) is 9.10. The van der Waals surface area contributed by atoms with Crippen LogP contribution in [0.15, 0.2) is 18.3 Å². The predicted octanol–water partition coefficient (Wildman–Crippen LogP) is 2.00. The summed E-state index contributed by atoms with van der Waals surface area (Å²) in [4.78, 5) is 0. The molecule has 1 heterocycles. The Bertz CT molecular complexity index is 452. The van der Waals surface area contributed by atoms with E-state index in [0.29, 0.717) is 11.1 Å². The molecule has 16 heavy (non-hydrogen) atoms. The van der Waals surface area contributed by atoms with Crippen molar-refractivity contribution in [2.45, 2.75) is 6.42 Å². The van der Waals surface area contributed by atoms with Crippen molar-refractivity contribution < 1.29 is 4.39 Å². The normalized spacial score (nSPS) is 14.2. The van der Waals surface area contributed by atoms with E-state index >= 15 is 0 Å². The standard InChI is InChI=1S/C12H14FN3/c1-15-7-9(6-14)10-4-8-2-3-16-12(8)5-11(10)13/h4-7,14-16H,2-3H2,1H3/b9-7+,14-6?. The van der Waals surface area contributed by atoms with Crippen molar-refractivity contribution in [1.29, 1.82) is 5.41 Å². The molecule has 0 radical (unpaired) electrons. The van der Waals surface area contributed by atoms with E-state index in [1.54, 1.807) is 13.2 Å². The lowest BCUT2D eigenvalue weighted by molar-refractivity contribution is 0.625. The summed E-state index contributed by atoms with van der Waals surface area (Å²) in [5.74, 6) is -0.293. The number of benzene rings is 1. The SMILES string of the molecule is CN/C=C(\C=N)c1cc2c(cc1F)NCC2. The molecule has 4 heteroatoms. The fourth-order valence-corrected chi connectivity index (χ4v) is 1.90. The van der Waals surface area contributed by atoms with E-state index in [9.17, 15) is 4.39 Å². The highest BCUT2D eigenvalue weighted by Crippen LogP contribution is 2.28. The maximum Gasteiger partial charge on any atom is 0.133 e. The van der Waals surface area contributed by atoms with Crippen LogP contribution in [0.3, 0.4) is 0 Å². The Kier molecular flexibility index (Phi) is 2.90. The van der Waals surface area contributed by atoms with Crippen molar-refractivity contribution >= 4 is 17.5 Å². The molecule has 0 atom stereocenters. The van der Waals surface area contributed by atoms with Gasteiger partial charge in [0.05, 0.1) is 0 Å². The molecule has 3 nitrogen and oxygen atoms in total. The van der Waals surface area contributed by atoms with Gasteiger partial charge in [-0.1, -0.05) is 0 Å². The molecule has 0 saturated carbocycles. The summed E-state index contributed by atoms with van der Waals surface area (Å²) in [5, 5.41) is 13.2. The first-order valence-electron chi connectivity index (χ1n) is 5.21. The molecule has 0 unspecified atom stereocenters. The van der Waals surface area contributed by atoms with Gasteiger partial charge in [-0.2, -0.15) is 0 Å². The molecular weight excluding hydrogens is 205 g/mol. The topological polar surface area (TPSA) is 47.9 Å². The van der Waals surface area contributed by atoms with Crippen LogP contribution in [-0.4, -0.2) is 19.8 Å². The van der Waals surface area contributed by atoms with E-state index in [2.05, 4.69) is 10.6 Å². The van der Waals surface area contributed by atoms with E-state index in [0.717, 1.165) is 30.4 Å². The van der Waals surface area contributed by atoms with Crippen molar-refractivity contribution in [3.63, 3.8) is 0 Å². The second-order valence-electron chi connectivity index (χ2n) is 3.70. The van der Waals surface area contributed by atoms with E-state index in [-0.39, 0.29) is 5.82 Å². The number of fused-ring (bicyclic) bond motifs is 1. The third kappa shape index (κ3) is 1.78. The van der Waals surface area contributed by atoms with Crippen LogP contribution in [-0.2, 0) is 6.42 Å². The van der Waals surface area contributed by atoms with Crippen molar-refractivity contribution in [1.82, 2.24) is 5.32 Å². The molecule has 3 N–H and O–H groups in total. The van der Waals surface area contributed by atoms with E-state index in [4.69, 9.17) is 5.41 Å². The average molecular weight is 219 g/mol. The van der Waals surface area contributed by atoms with Crippen molar-refractivity contribution in [3.8, 4) is 0 Å². The highest BCUT2D eigenvalue weighted by Gasteiger charge is 2.15. The van der Waals surface area contributed by atoms with Crippen LogP contribution < -0.4 is 10.6 Å². The molecule has 0 amide bonds. The second-order valence-corrected chi connectivity index (χ2v) is 3.70. The molecule has 1 aliphatic rings. The minimum atomic E-state index is -0.293. The van der Waals surface area contributed by atoms with Crippen LogP contribution in [0.25, 0.3) is 5.57 Å². The maximum atomic E-state index is 13.8. The van der Waals surface area contributed by atoms with Gasteiger partial charge < -0.3 is 16.0 Å². The molecule has 84 valence electrons. The Morgan fingerprint density at radius 1 is 1.56 bits per heavy atom. The van der Waals surface area contributed by atoms with Crippen molar-refractivity contribution in [2.75, 3.05) is 18.9 Å². The lowest BCUT2D eigenvalue weighted by Crippen LogP contribution is -2.00. The van der Waals surface area contributed by atoms with Crippen molar-refractivity contribution in [3.05, 3.63) is 35.3 Å². The number of anilines is 1. The fourth-order valence-electron chi connectivity index (χ4n) is 1.90. The Hall–Kier alpha value is -1.84. The molecule has 0 aromatic heterocycles. The molecule has 1 aromatic rings. The van der Waals surface area contributed by atoms with E-state index < -0.39 is 0 Å². The molecule has 1 aromatic carbocycles. The van der Waals surface area contributed by atoms with E-state index in [1.165, 1.54) is 6.07 Å². The summed E-state index contributed by atoms with van der Waals surface area (Å²) < 4.78 is 13.8. The summed E-state index contributed by atoms with van der Waals surface area (Å²) in [6.07, 6.45) is 3.69. The van der Waals surface area contributed by atoms with Gasteiger partial charge in [0.2, 0.25) is 0 Å². The maximum absolute atomic E-state index is 13.8. The molecule has 0 spiro atoms. The van der Waals surface area contributed by atoms with Crippen LogP contribution in [0.1, 0.15) is 11.1 Å². The molecule has 2 rings (SSSR count). The van der Waals surface area contributed by atoms with E-state index in [1.807, 2.05) is 6.07 Å². The third-order valence-electron chi connectivity index (χ3n) is 2.67. The van der Waals surface area contributed by atoms with Gasteiger partial charge in [-0.3, -0.25) is 0 Å². The van der Waals surface area contributed by atoms with Gasteiger partial charge in [0.25, 0.3) is 0 Å². The van der Waals surface area contributed by atoms with Crippen LogP contribution in [0.5, 0.6) is 0 Å². The zero-order valence-corrected chi connectivity index (χ0v) is 9.10. The quantitative estimate of drug-likeness (QED) is 0.681. The number of nitrogens with one attached hydrogen (secondary N) is 3. The third-order valence-corrected chi connectivity index (χ3v) is 2.67. The van der Waals surface area contributed by atoms with Gasteiger partial charge >= 0.3 is 0 Å². The van der Waals surface area contributed by atoms with Crippen LogP contribution >= 0.6 is 0 Å². The molecule has 0 bridgehead atoms. The smallest absolute Gasteiger partial charge is 0.133 e. The highest BCUT2D eigenvalue weighted by molar-refractivity contribution is 6.08. The summed E-state index contributed by atoms with van der Waals surface area (Å²) in [6, 6.07) is 3.32. The van der Waals surface area contributed by atoms with Gasteiger partial charge in [0.1, 0.15) is 5.82 Å². The molecule has 0 fully saturated rings. The Morgan fingerprint density at radius 2 is 2.38 bits per heavy atom. The Balaban J connectivity index is 2.48. The summed E-state index contributed by atoms with van der Waals surface area (Å²) in [5.41, 5.74) is 3.01. The lowest BCUT2D eigenvalue weighted by Gasteiger charge is -2.07. The fraction of sp³-hybridized carbons (Fsp3) is 0.250. The first-order valence-corrected chi connectivity index (χ1v) is 5.21. The van der Waals surface area contributed by atoms with Crippen LogP contribution in [0, 0.1) is 11.2 Å². The first kappa shape index (κ1) is 10.7. The van der Waals surface area contributed by atoms with Crippen LogP contribution in [0.2, 0.25) is 0 Å². The second kappa shape index (κ2) is 4.35. The number of halogens is 1. The zero-order chi connectivity index (χ0) is 11.5. The molecular formula is C12H14FN3. The summed E-state index contributed by atoms with van der Waals surface area (Å²) in [7, 11) is 1.73. The van der Waals surface area contributed by atoms with Gasteiger partial charge in [-0.15, -0.1) is 0 Å². The monoisotopic (exact) mass is 219 g/mol. The number of hydrogen-bond donors (Lipinski definition) is 3. The minimum absolute atomic E-state index is 0.293. The molecule has 1 aliphatic heterocycles. The lowest BCUT2D eigenvalue weighted by atomic mass is 10.0. The van der Waals surface area contributed by atoms with Crippen molar-refractivity contribution in [2.24, 2.45) is 0 Å². The Labute approximate surface area is 93.9 Å². The van der Waals surface area contributed by atoms with Gasteiger partial charge in [-0.25, -0.2) is 4.39 Å². The molecule has 0 aliphatic carbocycles. The number of hydrogen-bond acceptors (Lipinski definition) is 3. The average Bonchev–Trinajstić information content (AvgIpc) is 2.72.